The summed E-state index contributed by atoms with van der Waals surface area (Å²) in [5, 5.41) is 2.49. The van der Waals surface area contributed by atoms with E-state index in [1.165, 1.54) is 31.3 Å². The largest absolute Gasteiger partial charge is 0.493 e. The molecule has 2 N–H and O–H groups in total. The summed E-state index contributed by atoms with van der Waals surface area (Å²) >= 11 is 0. The van der Waals surface area contributed by atoms with Crippen molar-refractivity contribution in [2.75, 3.05) is 13.7 Å². The van der Waals surface area contributed by atoms with Gasteiger partial charge >= 0.3 is 0 Å². The minimum Gasteiger partial charge on any atom is -0.493 e. The first-order valence-electron chi connectivity index (χ1n) is 7.56. The summed E-state index contributed by atoms with van der Waals surface area (Å²) in [5.41, 5.74) is 2.39. The second kappa shape index (κ2) is 6.62. The molecule has 1 aliphatic heterocycles. The number of hydrogen-bond donors (Lipinski definition) is 2. The third kappa shape index (κ3) is 3.42. The fraction of sp³-hybridized carbons (Fsp3) is 0.235. The topological polar surface area (TPSA) is 84.5 Å². The van der Waals surface area contributed by atoms with Crippen LogP contribution >= 0.6 is 0 Å². The number of carbonyl (C=O) groups is 1. The summed E-state index contributed by atoms with van der Waals surface area (Å²) < 4.78 is 32.7. The van der Waals surface area contributed by atoms with Crippen molar-refractivity contribution in [3.63, 3.8) is 0 Å². The number of benzene rings is 2. The Hall–Kier alpha value is -2.38. The zero-order chi connectivity index (χ0) is 17.2. The molecule has 24 heavy (non-hydrogen) atoms. The van der Waals surface area contributed by atoms with Gasteiger partial charge in [-0.25, -0.2) is 13.1 Å². The first-order valence-corrected chi connectivity index (χ1v) is 9.04. The lowest BCUT2D eigenvalue weighted by Gasteiger charge is -2.08. The molecule has 0 unspecified atom stereocenters. The standard InChI is InChI=1S/C17H18N2O4S/c1-18-17(20)13-3-5-15(6-4-13)24(21,22)19-11-12-2-7-16-14(10-12)8-9-23-16/h2-7,10,19H,8-9,11H2,1H3,(H,18,20). The fourth-order valence-electron chi connectivity index (χ4n) is 2.54. The Morgan fingerprint density at radius 2 is 1.92 bits per heavy atom. The van der Waals surface area contributed by atoms with Crippen LogP contribution in [-0.4, -0.2) is 28.0 Å². The van der Waals surface area contributed by atoms with Gasteiger partial charge in [-0.15, -0.1) is 0 Å². The van der Waals surface area contributed by atoms with Crippen LogP contribution in [0.1, 0.15) is 21.5 Å². The van der Waals surface area contributed by atoms with E-state index in [1.807, 2.05) is 18.2 Å². The van der Waals surface area contributed by atoms with Crippen LogP contribution in [0.2, 0.25) is 0 Å². The average Bonchev–Trinajstić information content (AvgIpc) is 3.07. The Bertz CT molecular complexity index is 861. The summed E-state index contributed by atoms with van der Waals surface area (Å²) in [6.07, 6.45) is 0.844. The summed E-state index contributed by atoms with van der Waals surface area (Å²) in [7, 11) is -2.11. The maximum absolute atomic E-state index is 12.4. The van der Waals surface area contributed by atoms with Gasteiger partial charge in [0.05, 0.1) is 11.5 Å². The number of sulfonamides is 1. The van der Waals surface area contributed by atoms with Gasteiger partial charge in [0.25, 0.3) is 5.91 Å². The number of ether oxygens (including phenoxy) is 1. The van der Waals surface area contributed by atoms with Gasteiger partial charge in [0.1, 0.15) is 5.75 Å². The molecule has 0 atom stereocenters. The minimum atomic E-state index is -3.63. The van der Waals surface area contributed by atoms with Gasteiger partial charge < -0.3 is 10.1 Å². The van der Waals surface area contributed by atoms with Gasteiger partial charge in [0, 0.05) is 25.6 Å². The Morgan fingerprint density at radius 3 is 2.62 bits per heavy atom. The lowest BCUT2D eigenvalue weighted by atomic mass is 10.1. The molecule has 0 saturated carbocycles. The molecule has 1 amide bonds. The highest BCUT2D eigenvalue weighted by Crippen LogP contribution is 2.26. The van der Waals surface area contributed by atoms with E-state index < -0.39 is 10.0 Å². The van der Waals surface area contributed by atoms with Crippen LogP contribution in [0.25, 0.3) is 0 Å². The maximum Gasteiger partial charge on any atom is 0.251 e. The van der Waals surface area contributed by atoms with Crippen molar-refractivity contribution < 1.29 is 17.9 Å². The molecule has 1 aliphatic rings. The van der Waals surface area contributed by atoms with Crippen molar-refractivity contribution in [3.8, 4) is 5.75 Å². The third-order valence-electron chi connectivity index (χ3n) is 3.87. The van der Waals surface area contributed by atoms with Gasteiger partial charge in [0.2, 0.25) is 10.0 Å². The summed E-state index contributed by atoms with van der Waals surface area (Å²) in [6, 6.07) is 11.5. The van der Waals surface area contributed by atoms with Gasteiger partial charge in [-0.1, -0.05) is 12.1 Å². The smallest absolute Gasteiger partial charge is 0.251 e. The Labute approximate surface area is 140 Å². The van der Waals surface area contributed by atoms with Crippen molar-refractivity contribution >= 4 is 15.9 Å². The number of fused-ring (bicyclic) bond motifs is 1. The molecule has 0 aliphatic carbocycles. The van der Waals surface area contributed by atoms with Crippen molar-refractivity contribution in [2.45, 2.75) is 17.9 Å². The normalized spacial score (nSPS) is 13.2. The Morgan fingerprint density at radius 1 is 1.17 bits per heavy atom. The Kier molecular flexibility index (Phi) is 4.55. The molecule has 0 aromatic heterocycles. The second-order valence-corrected chi connectivity index (χ2v) is 7.24. The first kappa shape index (κ1) is 16.5. The van der Waals surface area contributed by atoms with E-state index in [2.05, 4.69) is 10.0 Å². The van der Waals surface area contributed by atoms with E-state index in [0.717, 1.165) is 23.3 Å². The summed E-state index contributed by atoms with van der Waals surface area (Å²) in [6.45, 7) is 0.870. The number of nitrogens with one attached hydrogen (secondary N) is 2. The highest BCUT2D eigenvalue weighted by Gasteiger charge is 2.16. The predicted octanol–water partition coefficient (Wildman–Crippen LogP) is 1.46. The molecule has 2 aromatic carbocycles. The van der Waals surface area contributed by atoms with E-state index in [-0.39, 0.29) is 17.3 Å². The lowest BCUT2D eigenvalue weighted by molar-refractivity contribution is 0.0963. The highest BCUT2D eigenvalue weighted by atomic mass is 32.2. The highest BCUT2D eigenvalue weighted by molar-refractivity contribution is 7.89. The molecule has 3 rings (SSSR count). The van der Waals surface area contributed by atoms with Crippen LogP contribution in [0.5, 0.6) is 5.75 Å². The van der Waals surface area contributed by atoms with Crippen LogP contribution in [0, 0.1) is 0 Å². The van der Waals surface area contributed by atoms with Crippen LogP contribution in [0.3, 0.4) is 0 Å². The molecule has 7 heteroatoms. The molecule has 0 spiro atoms. The maximum atomic E-state index is 12.4. The molecular weight excluding hydrogens is 328 g/mol. The van der Waals surface area contributed by atoms with Gasteiger partial charge in [0.15, 0.2) is 0 Å². The van der Waals surface area contributed by atoms with Crippen molar-refractivity contribution in [3.05, 3.63) is 59.2 Å². The Balaban J connectivity index is 1.70. The zero-order valence-electron chi connectivity index (χ0n) is 13.2. The van der Waals surface area contributed by atoms with Crippen molar-refractivity contribution in [1.82, 2.24) is 10.0 Å². The fourth-order valence-corrected chi connectivity index (χ4v) is 3.56. The molecule has 0 radical (unpaired) electrons. The number of rotatable bonds is 5. The quantitative estimate of drug-likeness (QED) is 0.858. The van der Waals surface area contributed by atoms with Gasteiger partial charge in [-0.05, 0) is 41.5 Å². The molecule has 6 nitrogen and oxygen atoms in total. The van der Waals surface area contributed by atoms with Crippen LogP contribution < -0.4 is 14.8 Å². The molecular formula is C17H18N2O4S. The monoisotopic (exact) mass is 346 g/mol. The van der Waals surface area contributed by atoms with Crippen LogP contribution in [0.15, 0.2) is 47.4 Å². The number of carbonyl (C=O) groups excluding carboxylic acids is 1. The van der Waals surface area contributed by atoms with E-state index in [4.69, 9.17) is 4.74 Å². The third-order valence-corrected chi connectivity index (χ3v) is 5.29. The average molecular weight is 346 g/mol. The minimum absolute atomic E-state index is 0.125. The van der Waals surface area contributed by atoms with E-state index in [0.29, 0.717) is 12.2 Å². The predicted molar refractivity (Wildman–Crippen MR) is 89.5 cm³/mol. The second-order valence-electron chi connectivity index (χ2n) is 5.47. The number of amides is 1. The zero-order valence-corrected chi connectivity index (χ0v) is 14.0. The van der Waals surface area contributed by atoms with Crippen molar-refractivity contribution in [2.24, 2.45) is 0 Å². The first-order chi connectivity index (χ1) is 11.5. The van der Waals surface area contributed by atoms with E-state index in [9.17, 15) is 13.2 Å². The number of hydrogen-bond acceptors (Lipinski definition) is 4. The SMILES string of the molecule is CNC(=O)c1ccc(S(=O)(=O)NCc2ccc3c(c2)CCO3)cc1. The van der Waals surface area contributed by atoms with Crippen LogP contribution in [0.4, 0.5) is 0 Å². The van der Waals surface area contributed by atoms with E-state index >= 15 is 0 Å². The van der Waals surface area contributed by atoms with Gasteiger partial charge in [-0.2, -0.15) is 0 Å². The molecule has 0 saturated heterocycles. The molecule has 0 bridgehead atoms. The molecule has 126 valence electrons. The van der Waals surface area contributed by atoms with Gasteiger partial charge in [-0.3, -0.25) is 4.79 Å². The molecule has 2 aromatic rings. The molecule has 0 fully saturated rings. The lowest BCUT2D eigenvalue weighted by Crippen LogP contribution is -2.23. The van der Waals surface area contributed by atoms with Crippen molar-refractivity contribution in [1.29, 1.82) is 0 Å². The van der Waals surface area contributed by atoms with Crippen LogP contribution in [-0.2, 0) is 23.0 Å². The summed E-state index contributed by atoms with van der Waals surface area (Å²) in [5.74, 6) is 0.610. The summed E-state index contributed by atoms with van der Waals surface area (Å²) in [4.78, 5) is 11.6. The molecule has 1 heterocycles. The van der Waals surface area contributed by atoms with E-state index in [1.54, 1.807) is 0 Å².